The Morgan fingerprint density at radius 1 is 1.50 bits per heavy atom. The lowest BCUT2D eigenvalue weighted by molar-refractivity contribution is -0.128. The molecule has 1 fully saturated rings. The Kier molecular flexibility index (Phi) is 6.39. The Bertz CT molecular complexity index is 799. The summed E-state index contributed by atoms with van der Waals surface area (Å²) >= 11 is 8.78. The molecule has 138 valence electrons. The van der Waals surface area contributed by atoms with Crippen LogP contribution in [-0.4, -0.2) is 51.8 Å². The number of benzene rings is 1. The molecule has 1 unspecified atom stereocenters. The highest BCUT2D eigenvalue weighted by Crippen LogP contribution is 2.25. The number of hydrogen-bond donors (Lipinski definition) is 2. The number of thiazole rings is 1. The van der Waals surface area contributed by atoms with Crippen molar-refractivity contribution in [2.45, 2.75) is 23.2 Å². The lowest BCUT2D eigenvalue weighted by Crippen LogP contribution is -2.39. The number of carboxylic acids is 1. The average Bonchev–Trinajstić information content (AvgIpc) is 3.21. The highest BCUT2D eigenvalue weighted by Gasteiger charge is 2.30. The quantitative estimate of drug-likeness (QED) is 0.644. The van der Waals surface area contributed by atoms with Gasteiger partial charge in [0.25, 0.3) is 0 Å². The van der Waals surface area contributed by atoms with E-state index in [-0.39, 0.29) is 17.6 Å². The minimum atomic E-state index is -1.02. The first-order valence-corrected chi connectivity index (χ1v) is 10.4. The molecule has 1 aromatic heterocycles. The van der Waals surface area contributed by atoms with E-state index in [0.717, 1.165) is 12.1 Å². The van der Waals surface area contributed by atoms with Crippen LogP contribution < -0.4 is 5.32 Å². The molecule has 0 aliphatic carbocycles. The molecule has 1 aromatic carbocycles. The van der Waals surface area contributed by atoms with Crippen LogP contribution in [0.5, 0.6) is 0 Å². The molecular weight excluding hydrogens is 394 g/mol. The summed E-state index contributed by atoms with van der Waals surface area (Å²) in [6, 6.07) is 7.67. The molecule has 1 aliphatic heterocycles. The molecule has 0 saturated carbocycles. The number of carboxylic acid groups (broad SMARTS) is 1. The van der Waals surface area contributed by atoms with Crippen molar-refractivity contribution in [2.24, 2.45) is 0 Å². The van der Waals surface area contributed by atoms with E-state index < -0.39 is 5.97 Å². The first-order valence-electron chi connectivity index (χ1n) is 8.13. The monoisotopic (exact) mass is 411 g/mol. The molecule has 1 aliphatic rings. The van der Waals surface area contributed by atoms with E-state index in [1.807, 2.05) is 29.2 Å². The van der Waals surface area contributed by atoms with E-state index in [9.17, 15) is 9.59 Å². The number of nitrogens with one attached hydrogen (secondary N) is 1. The van der Waals surface area contributed by atoms with Gasteiger partial charge >= 0.3 is 5.97 Å². The van der Waals surface area contributed by atoms with Crippen LogP contribution in [0.25, 0.3) is 0 Å². The van der Waals surface area contributed by atoms with Gasteiger partial charge in [-0.15, -0.1) is 11.3 Å². The second-order valence-electron chi connectivity index (χ2n) is 5.82. The molecule has 9 heteroatoms. The van der Waals surface area contributed by atoms with E-state index in [1.165, 1.54) is 28.5 Å². The molecule has 6 nitrogen and oxygen atoms in total. The number of thioether (sulfide) groups is 1. The fourth-order valence-corrected chi connectivity index (χ4v) is 4.80. The zero-order valence-electron chi connectivity index (χ0n) is 13.9. The van der Waals surface area contributed by atoms with Gasteiger partial charge < -0.3 is 15.3 Å². The van der Waals surface area contributed by atoms with Gasteiger partial charge in [-0.1, -0.05) is 29.4 Å². The largest absolute Gasteiger partial charge is 0.476 e. The molecule has 2 N–H and O–H groups in total. The molecule has 1 amide bonds. The van der Waals surface area contributed by atoms with E-state index in [1.54, 1.807) is 0 Å². The maximum Gasteiger partial charge on any atom is 0.355 e. The van der Waals surface area contributed by atoms with Crippen molar-refractivity contribution in [3.8, 4) is 0 Å². The molecule has 1 atom stereocenters. The van der Waals surface area contributed by atoms with E-state index >= 15 is 0 Å². The maximum atomic E-state index is 12.2. The molecule has 0 radical (unpaired) electrons. The molecule has 2 heterocycles. The van der Waals surface area contributed by atoms with Gasteiger partial charge in [0.2, 0.25) is 5.91 Å². The third kappa shape index (κ3) is 4.90. The summed E-state index contributed by atoms with van der Waals surface area (Å²) < 4.78 is 0.711. The van der Waals surface area contributed by atoms with Crippen molar-refractivity contribution >= 4 is 52.3 Å². The van der Waals surface area contributed by atoms with Crippen LogP contribution in [0.3, 0.4) is 0 Å². The third-order valence-corrected chi connectivity index (χ3v) is 6.32. The van der Waals surface area contributed by atoms with Crippen LogP contribution in [-0.2, 0) is 4.79 Å². The van der Waals surface area contributed by atoms with Crippen LogP contribution >= 0.6 is 34.7 Å². The summed E-state index contributed by atoms with van der Waals surface area (Å²) in [4.78, 5) is 29.0. The van der Waals surface area contributed by atoms with Crippen molar-refractivity contribution < 1.29 is 14.7 Å². The third-order valence-electron chi connectivity index (χ3n) is 4.08. The van der Waals surface area contributed by atoms with E-state index in [4.69, 9.17) is 16.7 Å². The predicted molar refractivity (Wildman–Crippen MR) is 104 cm³/mol. The van der Waals surface area contributed by atoms with Gasteiger partial charge in [0.05, 0.1) is 0 Å². The molecule has 2 aromatic rings. The average molecular weight is 412 g/mol. The minimum absolute atomic E-state index is 0.0679. The topological polar surface area (TPSA) is 82.5 Å². The van der Waals surface area contributed by atoms with Crippen LogP contribution in [0.1, 0.15) is 23.3 Å². The van der Waals surface area contributed by atoms with Crippen LogP contribution in [0.15, 0.2) is 34.0 Å². The standard InChI is InChI=1S/C17H18ClN3O3S2/c18-11-2-1-3-12(8-11)19-9-13-4-5-15(22)21(13)6-7-25-17-20-14(10-26-17)16(23)24/h1-3,8,10,13,19H,4-7,9H2,(H,23,24). The number of anilines is 1. The van der Waals surface area contributed by atoms with Crippen LogP contribution in [0, 0.1) is 0 Å². The second kappa shape index (κ2) is 8.75. The summed E-state index contributed by atoms with van der Waals surface area (Å²) in [5, 5.41) is 14.5. The van der Waals surface area contributed by atoms with Gasteiger partial charge in [-0.3, -0.25) is 4.79 Å². The summed E-state index contributed by atoms with van der Waals surface area (Å²) in [5.41, 5.74) is 1.01. The van der Waals surface area contributed by atoms with Crippen molar-refractivity contribution in [1.29, 1.82) is 0 Å². The van der Waals surface area contributed by atoms with Crippen molar-refractivity contribution in [3.63, 3.8) is 0 Å². The van der Waals surface area contributed by atoms with Gasteiger partial charge in [0.15, 0.2) is 10.0 Å². The van der Waals surface area contributed by atoms with Gasteiger partial charge in [-0.2, -0.15) is 0 Å². The minimum Gasteiger partial charge on any atom is -0.476 e. The SMILES string of the molecule is O=C(O)c1csc(SCCN2C(=O)CCC2CNc2cccc(Cl)c2)n1. The zero-order chi connectivity index (χ0) is 18.5. The number of aromatic nitrogens is 1. The van der Waals surface area contributed by atoms with Crippen LogP contribution in [0.2, 0.25) is 5.02 Å². The Balaban J connectivity index is 1.50. The predicted octanol–water partition coefficient (Wildman–Crippen LogP) is 3.69. The Labute approximate surface area is 164 Å². The molecule has 3 rings (SSSR count). The van der Waals surface area contributed by atoms with E-state index in [0.29, 0.717) is 34.6 Å². The first-order chi connectivity index (χ1) is 12.5. The fraction of sp³-hybridized carbons (Fsp3) is 0.353. The number of halogens is 1. The van der Waals surface area contributed by atoms with Gasteiger partial charge in [-0.25, -0.2) is 9.78 Å². The number of likely N-dealkylation sites (tertiary alicyclic amines) is 1. The summed E-state index contributed by atoms with van der Waals surface area (Å²) in [7, 11) is 0. The summed E-state index contributed by atoms with van der Waals surface area (Å²) in [6.45, 7) is 1.30. The number of carbonyl (C=O) groups is 2. The zero-order valence-corrected chi connectivity index (χ0v) is 16.2. The number of carbonyl (C=O) groups excluding carboxylic acids is 1. The van der Waals surface area contributed by atoms with Crippen molar-refractivity contribution in [1.82, 2.24) is 9.88 Å². The van der Waals surface area contributed by atoms with Gasteiger partial charge in [-0.05, 0) is 24.6 Å². The van der Waals surface area contributed by atoms with Gasteiger partial charge in [0.1, 0.15) is 0 Å². The second-order valence-corrected chi connectivity index (χ2v) is 8.46. The highest BCUT2D eigenvalue weighted by molar-refractivity contribution is 8.01. The number of rotatable bonds is 8. The first kappa shape index (κ1) is 19.0. The number of hydrogen-bond acceptors (Lipinski definition) is 6. The smallest absolute Gasteiger partial charge is 0.355 e. The number of nitrogens with zero attached hydrogens (tertiary/aromatic N) is 2. The Morgan fingerprint density at radius 3 is 3.08 bits per heavy atom. The summed E-state index contributed by atoms with van der Waals surface area (Å²) in [5.74, 6) is -0.171. The highest BCUT2D eigenvalue weighted by atomic mass is 35.5. The van der Waals surface area contributed by atoms with Crippen LogP contribution in [0.4, 0.5) is 5.69 Å². The number of amides is 1. The molecular formula is C17H18ClN3O3S2. The number of aromatic carboxylic acids is 1. The molecule has 26 heavy (non-hydrogen) atoms. The molecule has 0 spiro atoms. The summed E-state index contributed by atoms with van der Waals surface area (Å²) in [6.07, 6.45) is 1.39. The molecule has 1 saturated heterocycles. The fourth-order valence-electron chi connectivity index (χ4n) is 2.80. The van der Waals surface area contributed by atoms with Crippen molar-refractivity contribution in [2.75, 3.05) is 24.2 Å². The van der Waals surface area contributed by atoms with Gasteiger partial charge in [0, 0.05) is 47.4 Å². The normalized spacial score (nSPS) is 16.9. The Morgan fingerprint density at radius 2 is 2.35 bits per heavy atom. The maximum absolute atomic E-state index is 12.2. The van der Waals surface area contributed by atoms with Crippen molar-refractivity contribution in [3.05, 3.63) is 40.4 Å². The Hall–Kier alpha value is -1.77. The molecule has 0 bridgehead atoms. The lowest BCUT2D eigenvalue weighted by atomic mass is 10.2. The van der Waals surface area contributed by atoms with E-state index in [2.05, 4.69) is 10.3 Å². The lowest BCUT2D eigenvalue weighted by Gasteiger charge is -2.25.